The van der Waals surface area contributed by atoms with Crippen LogP contribution in [0.15, 0.2) is 59.1 Å². The molecule has 7 heteroatoms. The quantitative estimate of drug-likeness (QED) is 0.373. The van der Waals surface area contributed by atoms with Gasteiger partial charge in [0.1, 0.15) is 11.9 Å². The van der Waals surface area contributed by atoms with Gasteiger partial charge in [0.05, 0.1) is 17.5 Å². The normalized spacial score (nSPS) is 13.4. The summed E-state index contributed by atoms with van der Waals surface area (Å²) in [5.41, 5.74) is 7.23. The van der Waals surface area contributed by atoms with Crippen LogP contribution in [0.25, 0.3) is 0 Å². The molecule has 0 radical (unpaired) electrons. The van der Waals surface area contributed by atoms with Crippen molar-refractivity contribution in [2.24, 2.45) is 0 Å². The molecule has 2 atom stereocenters. The van der Waals surface area contributed by atoms with Crippen molar-refractivity contribution in [3.8, 4) is 5.75 Å². The maximum Gasteiger partial charge on any atom is 0.248 e. The summed E-state index contributed by atoms with van der Waals surface area (Å²) in [5, 5.41) is 23.1. The third-order valence-corrected chi connectivity index (χ3v) is 4.56. The predicted molar refractivity (Wildman–Crippen MR) is 109 cm³/mol. The van der Waals surface area contributed by atoms with Crippen LogP contribution in [0.5, 0.6) is 5.75 Å². The highest BCUT2D eigenvalue weighted by molar-refractivity contribution is 9.10. The number of aliphatic hydroxyl groups excluding tert-OH is 1. The molecule has 0 bridgehead atoms. The Kier molecular flexibility index (Phi) is 7.84. The molecule has 6 nitrogen and oxygen atoms in total. The number of hydrogen-bond acceptors (Lipinski definition) is 5. The Hall–Kier alpha value is -2.35. The fourth-order valence-electron chi connectivity index (χ4n) is 2.60. The molecule has 0 saturated carbocycles. The van der Waals surface area contributed by atoms with E-state index in [-0.39, 0.29) is 11.7 Å². The van der Waals surface area contributed by atoms with Crippen molar-refractivity contribution in [2.45, 2.75) is 25.0 Å². The number of anilines is 2. The lowest BCUT2D eigenvalue weighted by Gasteiger charge is -2.22. The van der Waals surface area contributed by atoms with Crippen molar-refractivity contribution in [1.29, 1.82) is 0 Å². The van der Waals surface area contributed by atoms with Gasteiger partial charge in [-0.1, -0.05) is 34.1 Å². The Morgan fingerprint density at radius 3 is 2.78 bits per heavy atom. The largest absolute Gasteiger partial charge is 0.508 e. The monoisotopic (exact) mass is 434 g/mol. The van der Waals surface area contributed by atoms with Gasteiger partial charge in [-0.05, 0) is 49.2 Å². The number of allylic oxidation sites excluding steroid dienone is 1. The van der Waals surface area contributed by atoms with Crippen molar-refractivity contribution in [1.82, 2.24) is 0 Å². The molecule has 0 saturated heterocycles. The van der Waals surface area contributed by atoms with Gasteiger partial charge in [0.15, 0.2) is 0 Å². The Morgan fingerprint density at radius 1 is 1.33 bits per heavy atom. The van der Waals surface area contributed by atoms with E-state index in [1.54, 1.807) is 42.5 Å². The molecule has 27 heavy (non-hydrogen) atoms. The zero-order valence-electron chi connectivity index (χ0n) is 14.9. The number of carbonyl (C=O) groups is 1. The van der Waals surface area contributed by atoms with E-state index in [1.807, 2.05) is 0 Å². The second kappa shape index (κ2) is 10.1. The third kappa shape index (κ3) is 6.09. The minimum absolute atomic E-state index is 0.00289. The maximum absolute atomic E-state index is 11.9. The topological polar surface area (TPSA) is 105 Å². The van der Waals surface area contributed by atoms with Crippen molar-refractivity contribution < 1.29 is 19.7 Å². The highest BCUT2D eigenvalue weighted by atomic mass is 79.9. The zero-order valence-corrected chi connectivity index (χ0v) is 16.5. The van der Waals surface area contributed by atoms with Crippen LogP contribution in [0.2, 0.25) is 0 Å². The van der Waals surface area contributed by atoms with Crippen LogP contribution < -0.4 is 11.1 Å². The van der Waals surface area contributed by atoms with E-state index < -0.39 is 12.2 Å². The first-order valence-corrected chi connectivity index (χ1v) is 9.23. The molecule has 0 aromatic heterocycles. The van der Waals surface area contributed by atoms with Crippen LogP contribution in [0.4, 0.5) is 11.4 Å². The van der Waals surface area contributed by atoms with Crippen molar-refractivity contribution in [2.75, 3.05) is 18.2 Å². The van der Waals surface area contributed by atoms with Gasteiger partial charge in [0, 0.05) is 17.1 Å². The van der Waals surface area contributed by atoms with Crippen LogP contribution in [0, 0.1) is 0 Å². The van der Waals surface area contributed by atoms with Gasteiger partial charge in [-0.25, -0.2) is 0 Å². The molecule has 0 aliphatic heterocycles. The number of phenols is 1. The van der Waals surface area contributed by atoms with E-state index in [4.69, 9.17) is 10.5 Å². The Labute approximate surface area is 166 Å². The average molecular weight is 435 g/mol. The summed E-state index contributed by atoms with van der Waals surface area (Å²) in [4.78, 5) is 11.9. The van der Waals surface area contributed by atoms with Gasteiger partial charge in [-0.15, -0.1) is 0 Å². The molecule has 0 heterocycles. The predicted octanol–water partition coefficient (Wildman–Crippen LogP) is 3.76. The molecule has 5 N–H and O–H groups in total. The zero-order chi connectivity index (χ0) is 19.8. The fraction of sp³-hybridized carbons (Fsp3) is 0.250. The van der Waals surface area contributed by atoms with Crippen LogP contribution in [0.1, 0.15) is 24.5 Å². The Balaban J connectivity index is 1.90. The first-order chi connectivity index (χ1) is 12.9. The maximum atomic E-state index is 11.9. The molecule has 0 unspecified atom stereocenters. The van der Waals surface area contributed by atoms with E-state index in [1.165, 1.54) is 19.3 Å². The van der Waals surface area contributed by atoms with Gasteiger partial charge >= 0.3 is 0 Å². The van der Waals surface area contributed by atoms with E-state index in [9.17, 15) is 15.0 Å². The number of nitrogens with two attached hydrogens (primary N) is 1. The number of aromatic hydroxyl groups is 1. The van der Waals surface area contributed by atoms with Crippen LogP contribution >= 0.6 is 15.9 Å². The summed E-state index contributed by atoms with van der Waals surface area (Å²) in [5.74, 6) is -0.282. The number of ether oxygens (including phenoxy) is 1. The number of hydrogen-bond donors (Lipinski definition) is 4. The van der Waals surface area contributed by atoms with Gasteiger partial charge in [-0.2, -0.15) is 0 Å². The van der Waals surface area contributed by atoms with Crippen LogP contribution in [-0.2, 0) is 9.53 Å². The second-order valence-corrected chi connectivity index (χ2v) is 6.89. The molecule has 2 aromatic rings. The number of carbonyl (C=O) groups excluding carboxylic acids is 1. The second-order valence-electron chi connectivity index (χ2n) is 5.98. The number of para-hydroxylation sites is 2. The number of methoxy groups -OCH3 is 1. The summed E-state index contributed by atoms with van der Waals surface area (Å²) in [6.45, 7) is 0. The third-order valence-electron chi connectivity index (χ3n) is 4.07. The number of rotatable bonds is 8. The number of aliphatic hydroxyl groups is 1. The molecule has 0 fully saturated rings. The number of halogens is 1. The van der Waals surface area contributed by atoms with Crippen LogP contribution in [-0.4, -0.2) is 29.3 Å². The van der Waals surface area contributed by atoms with E-state index in [2.05, 4.69) is 21.2 Å². The molecule has 2 rings (SSSR count). The fourth-order valence-corrected chi connectivity index (χ4v) is 2.98. The first kappa shape index (κ1) is 21.0. The summed E-state index contributed by atoms with van der Waals surface area (Å²) >= 11 is 3.32. The number of nitrogen functional groups attached to an aromatic ring is 1. The van der Waals surface area contributed by atoms with Gasteiger partial charge < -0.3 is 26.0 Å². The van der Waals surface area contributed by atoms with Crippen molar-refractivity contribution >= 4 is 33.2 Å². The molecule has 2 aromatic carbocycles. The number of benzene rings is 2. The van der Waals surface area contributed by atoms with Crippen molar-refractivity contribution in [3.05, 3.63) is 64.7 Å². The van der Waals surface area contributed by atoms with E-state index in [0.717, 1.165) is 4.47 Å². The lowest BCUT2D eigenvalue weighted by atomic mass is 9.99. The summed E-state index contributed by atoms with van der Waals surface area (Å²) in [6, 6.07) is 11.9. The summed E-state index contributed by atoms with van der Waals surface area (Å²) < 4.78 is 6.10. The SMILES string of the molecule is CO[C@H](CC/C=C/C(=O)Nc1ccccc1N)[C@H](O)c1cc(Br)ccc1O. The van der Waals surface area contributed by atoms with Gasteiger partial charge in [0.25, 0.3) is 0 Å². The van der Waals surface area contributed by atoms with Gasteiger partial charge in [-0.3, -0.25) is 4.79 Å². The first-order valence-electron chi connectivity index (χ1n) is 8.43. The number of nitrogens with one attached hydrogen (secondary N) is 1. The molecular weight excluding hydrogens is 412 g/mol. The van der Waals surface area contributed by atoms with Crippen LogP contribution in [0.3, 0.4) is 0 Å². The standard InChI is InChI=1S/C20H23BrN2O4/c1-27-18(20(26)14-12-13(21)10-11-17(14)24)8-4-5-9-19(25)23-16-7-3-2-6-15(16)22/h2-3,5-7,9-12,18,20,24,26H,4,8,22H2,1H3,(H,23,25)/b9-5+/t18-,20-/m1/s1. The molecule has 1 amide bonds. The lowest BCUT2D eigenvalue weighted by molar-refractivity contribution is -0.111. The number of phenolic OH excluding ortho intramolecular Hbond substituents is 1. The van der Waals surface area contributed by atoms with Gasteiger partial charge in [0.2, 0.25) is 5.91 Å². The van der Waals surface area contributed by atoms with E-state index in [0.29, 0.717) is 29.8 Å². The number of amides is 1. The smallest absolute Gasteiger partial charge is 0.248 e. The summed E-state index contributed by atoms with van der Waals surface area (Å²) in [6.07, 6.45) is 2.60. The summed E-state index contributed by atoms with van der Waals surface area (Å²) in [7, 11) is 1.50. The van der Waals surface area contributed by atoms with Crippen molar-refractivity contribution in [3.63, 3.8) is 0 Å². The minimum Gasteiger partial charge on any atom is -0.508 e. The van der Waals surface area contributed by atoms with E-state index >= 15 is 0 Å². The molecule has 144 valence electrons. The lowest BCUT2D eigenvalue weighted by Crippen LogP contribution is -2.21. The minimum atomic E-state index is -0.987. The Bertz CT molecular complexity index is 810. The highest BCUT2D eigenvalue weighted by Crippen LogP contribution is 2.31. The Morgan fingerprint density at radius 2 is 2.07 bits per heavy atom. The molecule has 0 aliphatic rings. The average Bonchev–Trinajstić information content (AvgIpc) is 2.65. The molecule has 0 spiro atoms. The molecular formula is C20H23BrN2O4. The highest BCUT2D eigenvalue weighted by Gasteiger charge is 2.23. The molecule has 0 aliphatic carbocycles.